The van der Waals surface area contributed by atoms with Gasteiger partial charge in [0, 0.05) is 31.5 Å². The first-order valence-corrected chi connectivity index (χ1v) is 9.73. The molecule has 3 rings (SSSR count). The summed E-state index contributed by atoms with van der Waals surface area (Å²) in [7, 11) is 0. The molecule has 29 heavy (non-hydrogen) atoms. The van der Waals surface area contributed by atoms with E-state index >= 15 is 0 Å². The van der Waals surface area contributed by atoms with Gasteiger partial charge >= 0.3 is 0 Å². The van der Waals surface area contributed by atoms with Crippen molar-refractivity contribution < 1.29 is 19.4 Å². The molecule has 6 nitrogen and oxygen atoms in total. The number of likely N-dealkylation sites (tertiary alicyclic amines) is 1. The van der Waals surface area contributed by atoms with Crippen molar-refractivity contribution in [3.05, 3.63) is 53.6 Å². The first-order chi connectivity index (χ1) is 13.5. The highest BCUT2D eigenvalue weighted by Gasteiger charge is 2.28. The summed E-state index contributed by atoms with van der Waals surface area (Å²) in [4.78, 5) is 13.3. The molecule has 0 radical (unpaired) electrons. The summed E-state index contributed by atoms with van der Waals surface area (Å²) in [5, 5.41) is 13.9. The van der Waals surface area contributed by atoms with Crippen LogP contribution in [0.25, 0.3) is 0 Å². The molecule has 1 heterocycles. The first-order valence-electron chi connectivity index (χ1n) is 9.35. The van der Waals surface area contributed by atoms with E-state index in [1.165, 1.54) is 6.92 Å². The number of hydrogen-bond donors (Lipinski definition) is 2. The number of nitrogens with one attached hydrogen (secondary N) is 1. The molecule has 1 amide bonds. The number of carbonyl (C=O) groups is 1. The van der Waals surface area contributed by atoms with E-state index in [0.29, 0.717) is 36.0 Å². The topological polar surface area (TPSA) is 71.0 Å². The summed E-state index contributed by atoms with van der Waals surface area (Å²) in [6, 6.07) is 14.6. The smallest absolute Gasteiger partial charge is 0.221 e. The Labute approximate surface area is 182 Å². The first kappa shape index (κ1) is 23.3. The number of amides is 1. The Balaban J connectivity index is 0.00000300. The molecule has 2 aromatic carbocycles. The zero-order chi connectivity index (χ0) is 19.9. The fourth-order valence-electron chi connectivity index (χ4n) is 3.17. The molecule has 8 heteroatoms. The highest BCUT2D eigenvalue weighted by Crippen LogP contribution is 2.25. The Morgan fingerprint density at radius 1 is 1.28 bits per heavy atom. The lowest BCUT2D eigenvalue weighted by atomic mass is 10.3. The molecule has 1 fully saturated rings. The Morgan fingerprint density at radius 3 is 2.72 bits per heavy atom. The minimum absolute atomic E-state index is 0. The largest absolute Gasteiger partial charge is 0.491 e. The summed E-state index contributed by atoms with van der Waals surface area (Å²) >= 11 is 5.89. The van der Waals surface area contributed by atoms with Crippen LogP contribution in [0.3, 0.4) is 0 Å². The van der Waals surface area contributed by atoms with Crippen molar-refractivity contribution in [1.29, 1.82) is 0 Å². The number of rotatable bonds is 8. The van der Waals surface area contributed by atoms with Gasteiger partial charge in [0.25, 0.3) is 0 Å². The van der Waals surface area contributed by atoms with Crippen molar-refractivity contribution in [3.8, 4) is 11.5 Å². The van der Waals surface area contributed by atoms with Crippen LogP contribution in [0.5, 0.6) is 11.5 Å². The summed E-state index contributed by atoms with van der Waals surface area (Å²) in [5.74, 6) is 1.22. The van der Waals surface area contributed by atoms with Gasteiger partial charge in [-0.15, -0.1) is 12.4 Å². The number of aliphatic hydroxyl groups excluding tert-OH is 1. The molecule has 1 aliphatic heterocycles. The minimum Gasteiger partial charge on any atom is -0.491 e. The van der Waals surface area contributed by atoms with Gasteiger partial charge in [-0.25, -0.2) is 0 Å². The maximum Gasteiger partial charge on any atom is 0.221 e. The fourth-order valence-corrected chi connectivity index (χ4v) is 3.29. The van der Waals surface area contributed by atoms with Crippen LogP contribution in [-0.2, 0) is 4.79 Å². The van der Waals surface area contributed by atoms with E-state index in [1.54, 1.807) is 24.3 Å². The SMILES string of the molecule is CC(=O)Nc1ccccc1OCCC(O)N1CC[C@H](Oc2ccc(Cl)cc2)C1.Cl. The lowest BCUT2D eigenvalue weighted by Gasteiger charge is -2.23. The van der Waals surface area contributed by atoms with Crippen LogP contribution in [0.1, 0.15) is 19.8 Å². The van der Waals surface area contributed by atoms with Crippen LogP contribution >= 0.6 is 24.0 Å². The number of anilines is 1. The number of carbonyl (C=O) groups excluding carboxylic acids is 1. The van der Waals surface area contributed by atoms with Gasteiger partial charge < -0.3 is 19.9 Å². The second-order valence-corrected chi connectivity index (χ2v) is 7.21. The van der Waals surface area contributed by atoms with Crippen molar-refractivity contribution in [1.82, 2.24) is 4.90 Å². The number of para-hydroxylation sites is 2. The number of hydrogen-bond acceptors (Lipinski definition) is 5. The molecule has 0 bridgehead atoms. The highest BCUT2D eigenvalue weighted by atomic mass is 35.5. The maximum atomic E-state index is 11.3. The molecule has 1 saturated heterocycles. The molecule has 0 spiro atoms. The summed E-state index contributed by atoms with van der Waals surface area (Å²) in [6.07, 6.45) is 0.748. The molecular weight excluding hydrogens is 415 g/mol. The number of ether oxygens (including phenoxy) is 2. The zero-order valence-corrected chi connectivity index (χ0v) is 17.8. The highest BCUT2D eigenvalue weighted by molar-refractivity contribution is 6.30. The lowest BCUT2D eigenvalue weighted by molar-refractivity contribution is -0.114. The maximum absolute atomic E-state index is 11.3. The Bertz CT molecular complexity index is 789. The van der Waals surface area contributed by atoms with Crippen molar-refractivity contribution >= 4 is 35.6 Å². The van der Waals surface area contributed by atoms with Gasteiger partial charge in [-0.05, 0) is 42.8 Å². The second-order valence-electron chi connectivity index (χ2n) is 6.77. The molecule has 2 N–H and O–H groups in total. The molecule has 2 atom stereocenters. The molecule has 1 aliphatic rings. The zero-order valence-electron chi connectivity index (χ0n) is 16.2. The van der Waals surface area contributed by atoms with E-state index in [-0.39, 0.29) is 24.4 Å². The van der Waals surface area contributed by atoms with E-state index < -0.39 is 6.23 Å². The quantitative estimate of drug-likeness (QED) is 0.649. The third-order valence-corrected chi connectivity index (χ3v) is 4.80. The van der Waals surface area contributed by atoms with Crippen molar-refractivity contribution in [3.63, 3.8) is 0 Å². The van der Waals surface area contributed by atoms with Gasteiger partial charge in [-0.2, -0.15) is 0 Å². The second kappa shape index (κ2) is 11.3. The number of halogens is 2. The Kier molecular flexibility index (Phi) is 9.04. The van der Waals surface area contributed by atoms with Gasteiger partial charge in [-0.3, -0.25) is 9.69 Å². The van der Waals surface area contributed by atoms with Gasteiger partial charge in [0.2, 0.25) is 5.91 Å². The molecular formula is C21H26Cl2N2O4. The van der Waals surface area contributed by atoms with E-state index in [0.717, 1.165) is 18.7 Å². The van der Waals surface area contributed by atoms with Gasteiger partial charge in [0.05, 0.1) is 12.3 Å². The van der Waals surface area contributed by atoms with Crippen LogP contribution in [0, 0.1) is 0 Å². The number of nitrogens with zero attached hydrogens (tertiary/aromatic N) is 1. The van der Waals surface area contributed by atoms with Crippen LogP contribution < -0.4 is 14.8 Å². The fraction of sp³-hybridized carbons (Fsp3) is 0.381. The van der Waals surface area contributed by atoms with Gasteiger partial charge in [0.1, 0.15) is 23.8 Å². The van der Waals surface area contributed by atoms with Crippen LogP contribution in [0.4, 0.5) is 5.69 Å². The summed E-state index contributed by atoms with van der Waals surface area (Å²) in [6.45, 7) is 3.22. The van der Waals surface area contributed by atoms with Crippen LogP contribution in [0.15, 0.2) is 48.5 Å². The van der Waals surface area contributed by atoms with E-state index in [2.05, 4.69) is 5.32 Å². The number of aliphatic hydroxyl groups is 1. The monoisotopic (exact) mass is 440 g/mol. The molecule has 0 aromatic heterocycles. The molecule has 158 valence electrons. The summed E-state index contributed by atoms with van der Waals surface area (Å²) in [5.41, 5.74) is 0.627. The molecule has 0 saturated carbocycles. The predicted octanol–water partition coefficient (Wildman–Crippen LogP) is 3.96. The van der Waals surface area contributed by atoms with Gasteiger partial charge in [-0.1, -0.05) is 23.7 Å². The van der Waals surface area contributed by atoms with Gasteiger partial charge in [0.15, 0.2) is 0 Å². The lowest BCUT2D eigenvalue weighted by Crippen LogP contribution is -2.35. The molecule has 2 aromatic rings. The van der Waals surface area contributed by atoms with Crippen molar-refractivity contribution in [2.24, 2.45) is 0 Å². The van der Waals surface area contributed by atoms with E-state index in [9.17, 15) is 9.90 Å². The average molecular weight is 441 g/mol. The van der Waals surface area contributed by atoms with Crippen LogP contribution in [0.2, 0.25) is 5.02 Å². The van der Waals surface area contributed by atoms with Crippen LogP contribution in [-0.4, -0.2) is 47.9 Å². The third kappa shape index (κ3) is 7.08. The Hall–Kier alpha value is -1.99. The third-order valence-electron chi connectivity index (χ3n) is 4.55. The average Bonchev–Trinajstić information content (AvgIpc) is 3.13. The molecule has 1 unspecified atom stereocenters. The normalized spacial score (nSPS) is 17.3. The predicted molar refractivity (Wildman–Crippen MR) is 116 cm³/mol. The van der Waals surface area contributed by atoms with Crippen molar-refractivity contribution in [2.45, 2.75) is 32.1 Å². The standard InChI is InChI=1S/C21H25ClN2O4.ClH/c1-15(25)23-19-4-2-3-5-20(19)27-13-11-21(26)24-12-10-18(14-24)28-17-8-6-16(22)7-9-17;/h2-9,18,21,26H,10-14H2,1H3,(H,23,25);1H/t18-,21?;/m0./s1. The van der Waals surface area contributed by atoms with E-state index in [4.69, 9.17) is 21.1 Å². The number of benzene rings is 2. The minimum atomic E-state index is -0.605. The summed E-state index contributed by atoms with van der Waals surface area (Å²) < 4.78 is 11.7. The van der Waals surface area contributed by atoms with E-state index in [1.807, 2.05) is 29.2 Å². The Morgan fingerprint density at radius 2 is 2.00 bits per heavy atom. The molecule has 0 aliphatic carbocycles. The van der Waals surface area contributed by atoms with Crippen molar-refractivity contribution in [2.75, 3.05) is 25.0 Å².